The van der Waals surface area contributed by atoms with Crippen molar-refractivity contribution in [2.75, 3.05) is 13.1 Å². The summed E-state index contributed by atoms with van der Waals surface area (Å²) >= 11 is 7.11. The van der Waals surface area contributed by atoms with Gasteiger partial charge in [0.1, 0.15) is 5.01 Å². The third kappa shape index (κ3) is 3.59. The maximum Gasteiger partial charge on any atom is 0.393 e. The monoisotopic (exact) mass is 298 g/mol. The topological polar surface area (TPSA) is 16.1 Å². The summed E-state index contributed by atoms with van der Waals surface area (Å²) in [5.41, 5.74) is 0.793. The van der Waals surface area contributed by atoms with Gasteiger partial charge in [0.15, 0.2) is 0 Å². The van der Waals surface area contributed by atoms with Crippen molar-refractivity contribution in [1.82, 2.24) is 9.88 Å². The smallest absolute Gasteiger partial charge is 0.296 e. The van der Waals surface area contributed by atoms with Crippen molar-refractivity contribution < 1.29 is 13.2 Å². The Balaban J connectivity index is 1.93. The van der Waals surface area contributed by atoms with Crippen LogP contribution in [0.3, 0.4) is 0 Å². The van der Waals surface area contributed by atoms with E-state index in [0.29, 0.717) is 25.4 Å². The minimum Gasteiger partial charge on any atom is -0.296 e. The third-order valence-corrected chi connectivity index (χ3v) is 4.22. The standard InChI is InChI=1S/C11H14ClF3N2S/c12-4-9-7-18-10(16-9)6-17-3-1-2-8(5-17)11(13,14)15/h7-8H,1-6H2. The van der Waals surface area contributed by atoms with Gasteiger partial charge in [0.25, 0.3) is 0 Å². The first-order chi connectivity index (χ1) is 8.49. The lowest BCUT2D eigenvalue weighted by atomic mass is 9.98. The van der Waals surface area contributed by atoms with Crippen molar-refractivity contribution in [3.8, 4) is 0 Å². The molecule has 1 aromatic rings. The predicted octanol–water partition coefficient (Wildman–Crippen LogP) is 3.66. The number of rotatable bonds is 3. The van der Waals surface area contributed by atoms with E-state index in [2.05, 4.69) is 4.98 Å². The summed E-state index contributed by atoms with van der Waals surface area (Å²) in [5.74, 6) is -0.847. The van der Waals surface area contributed by atoms with Crippen molar-refractivity contribution in [3.63, 3.8) is 0 Å². The van der Waals surface area contributed by atoms with Crippen LogP contribution in [0, 0.1) is 5.92 Å². The third-order valence-electron chi connectivity index (χ3n) is 3.06. The van der Waals surface area contributed by atoms with E-state index in [1.54, 1.807) is 0 Å². The first-order valence-corrected chi connectivity index (χ1v) is 7.19. The average Bonchev–Trinajstić information content (AvgIpc) is 2.76. The van der Waals surface area contributed by atoms with E-state index in [1.807, 2.05) is 10.3 Å². The highest BCUT2D eigenvalue weighted by Gasteiger charge is 2.41. The number of thiazole rings is 1. The Morgan fingerprint density at radius 3 is 2.89 bits per heavy atom. The number of hydrogen-bond donors (Lipinski definition) is 0. The van der Waals surface area contributed by atoms with Gasteiger partial charge in [-0.15, -0.1) is 22.9 Å². The molecule has 2 heterocycles. The predicted molar refractivity (Wildman–Crippen MR) is 65.7 cm³/mol. The molecule has 2 rings (SSSR count). The second-order valence-corrected chi connectivity index (χ2v) is 5.69. The minimum absolute atomic E-state index is 0.0826. The minimum atomic E-state index is -4.08. The summed E-state index contributed by atoms with van der Waals surface area (Å²) in [6, 6.07) is 0. The van der Waals surface area contributed by atoms with Gasteiger partial charge < -0.3 is 0 Å². The Labute approximate surface area is 113 Å². The molecule has 2 nitrogen and oxygen atoms in total. The Kier molecular flexibility index (Phi) is 4.50. The molecule has 1 saturated heterocycles. The van der Waals surface area contributed by atoms with E-state index < -0.39 is 12.1 Å². The molecule has 1 aromatic heterocycles. The Hall–Kier alpha value is -0.330. The molecular formula is C11H14ClF3N2S. The zero-order valence-corrected chi connectivity index (χ0v) is 11.3. The van der Waals surface area contributed by atoms with Crippen LogP contribution in [0.15, 0.2) is 5.38 Å². The number of hydrogen-bond acceptors (Lipinski definition) is 3. The lowest BCUT2D eigenvalue weighted by Crippen LogP contribution is -2.41. The fourth-order valence-corrected chi connectivity index (χ4v) is 3.20. The maximum absolute atomic E-state index is 12.7. The first kappa shape index (κ1) is 14.1. The Morgan fingerprint density at radius 2 is 2.28 bits per heavy atom. The van der Waals surface area contributed by atoms with Gasteiger partial charge in [-0.25, -0.2) is 4.98 Å². The van der Waals surface area contributed by atoms with Crippen molar-refractivity contribution in [2.24, 2.45) is 5.92 Å². The van der Waals surface area contributed by atoms with Gasteiger partial charge in [-0.3, -0.25) is 4.90 Å². The molecular weight excluding hydrogens is 285 g/mol. The molecule has 102 valence electrons. The van der Waals surface area contributed by atoms with Gasteiger partial charge in [-0.2, -0.15) is 13.2 Å². The molecule has 1 fully saturated rings. The summed E-state index contributed by atoms with van der Waals surface area (Å²) in [6.45, 7) is 1.29. The van der Waals surface area contributed by atoms with E-state index in [1.165, 1.54) is 11.3 Å². The van der Waals surface area contributed by atoms with E-state index >= 15 is 0 Å². The van der Waals surface area contributed by atoms with Crippen LogP contribution < -0.4 is 0 Å². The zero-order valence-electron chi connectivity index (χ0n) is 9.71. The van der Waals surface area contributed by atoms with Crippen LogP contribution in [0.1, 0.15) is 23.5 Å². The summed E-state index contributed by atoms with van der Waals surface area (Å²) in [5, 5.41) is 2.70. The molecule has 1 aliphatic rings. The molecule has 7 heteroatoms. The van der Waals surface area contributed by atoms with Crippen molar-refractivity contribution >= 4 is 22.9 Å². The number of aromatic nitrogens is 1. The number of nitrogens with zero attached hydrogens (tertiary/aromatic N) is 2. The summed E-state index contributed by atoms with van der Waals surface area (Å²) in [4.78, 5) is 6.11. The SMILES string of the molecule is FC(F)(F)C1CCCN(Cc2nc(CCl)cs2)C1. The molecule has 0 spiro atoms. The molecule has 1 unspecified atom stereocenters. The van der Waals surface area contributed by atoms with Crippen LogP contribution in [-0.4, -0.2) is 29.1 Å². The van der Waals surface area contributed by atoms with Crippen LogP contribution in [0.25, 0.3) is 0 Å². The fourth-order valence-electron chi connectivity index (χ4n) is 2.14. The molecule has 0 bridgehead atoms. The molecule has 1 atom stereocenters. The van der Waals surface area contributed by atoms with E-state index in [9.17, 15) is 13.2 Å². The van der Waals surface area contributed by atoms with Crippen LogP contribution >= 0.6 is 22.9 Å². The maximum atomic E-state index is 12.7. The highest BCUT2D eigenvalue weighted by Crippen LogP contribution is 2.33. The molecule has 0 amide bonds. The Morgan fingerprint density at radius 1 is 1.50 bits per heavy atom. The van der Waals surface area contributed by atoms with Crippen molar-refractivity contribution in [3.05, 3.63) is 16.1 Å². The second-order valence-electron chi connectivity index (χ2n) is 4.48. The van der Waals surface area contributed by atoms with E-state index in [4.69, 9.17) is 11.6 Å². The van der Waals surface area contributed by atoms with Crippen LogP contribution in [-0.2, 0) is 12.4 Å². The van der Waals surface area contributed by atoms with Gasteiger partial charge in [-0.05, 0) is 19.4 Å². The highest BCUT2D eigenvalue weighted by atomic mass is 35.5. The molecule has 0 saturated carbocycles. The van der Waals surface area contributed by atoms with Gasteiger partial charge in [0.05, 0.1) is 24.0 Å². The van der Waals surface area contributed by atoms with E-state index in [-0.39, 0.29) is 13.0 Å². The van der Waals surface area contributed by atoms with Gasteiger partial charge in [0.2, 0.25) is 0 Å². The molecule has 0 aliphatic carbocycles. The number of likely N-dealkylation sites (tertiary alicyclic amines) is 1. The number of alkyl halides is 4. The second kappa shape index (κ2) is 5.75. The van der Waals surface area contributed by atoms with Crippen LogP contribution in [0.5, 0.6) is 0 Å². The fraction of sp³-hybridized carbons (Fsp3) is 0.727. The summed E-state index contributed by atoms with van der Waals surface area (Å²) in [6.07, 6.45) is -3.24. The molecule has 18 heavy (non-hydrogen) atoms. The molecule has 0 radical (unpaired) electrons. The van der Waals surface area contributed by atoms with E-state index in [0.717, 1.165) is 10.7 Å². The largest absolute Gasteiger partial charge is 0.393 e. The number of piperidine rings is 1. The lowest BCUT2D eigenvalue weighted by molar-refractivity contribution is -0.187. The quantitative estimate of drug-likeness (QED) is 0.792. The van der Waals surface area contributed by atoms with Crippen LogP contribution in [0.2, 0.25) is 0 Å². The zero-order chi connectivity index (χ0) is 13.2. The van der Waals surface area contributed by atoms with Gasteiger partial charge in [0, 0.05) is 11.9 Å². The average molecular weight is 299 g/mol. The summed E-state index contributed by atoms with van der Waals surface area (Å²) in [7, 11) is 0. The lowest BCUT2D eigenvalue weighted by Gasteiger charge is -2.33. The highest BCUT2D eigenvalue weighted by molar-refractivity contribution is 7.09. The van der Waals surface area contributed by atoms with Gasteiger partial charge >= 0.3 is 6.18 Å². The molecule has 0 aromatic carbocycles. The normalized spacial score (nSPS) is 22.3. The Bertz CT molecular complexity index is 394. The molecule has 0 N–H and O–H groups in total. The van der Waals surface area contributed by atoms with Gasteiger partial charge in [-0.1, -0.05) is 0 Å². The first-order valence-electron chi connectivity index (χ1n) is 5.77. The summed E-state index contributed by atoms with van der Waals surface area (Å²) < 4.78 is 38.0. The van der Waals surface area contributed by atoms with Crippen molar-refractivity contribution in [1.29, 1.82) is 0 Å². The molecule has 1 aliphatic heterocycles. The number of halogens is 4. The van der Waals surface area contributed by atoms with Crippen LogP contribution in [0.4, 0.5) is 13.2 Å². The van der Waals surface area contributed by atoms with Crippen molar-refractivity contribution in [2.45, 2.75) is 31.4 Å².